The molecule has 0 aromatic heterocycles. The van der Waals surface area contributed by atoms with Crippen molar-refractivity contribution in [3.05, 3.63) is 71.2 Å². The first-order valence-electron chi connectivity index (χ1n) is 9.01. The van der Waals surface area contributed by atoms with Crippen molar-refractivity contribution in [2.24, 2.45) is 0 Å². The van der Waals surface area contributed by atoms with Crippen LogP contribution in [0.5, 0.6) is 11.5 Å². The number of anilines is 1. The maximum absolute atomic E-state index is 12.5. The van der Waals surface area contributed by atoms with Crippen molar-refractivity contribution in [3.8, 4) is 11.5 Å². The molecule has 3 rings (SSSR count). The van der Waals surface area contributed by atoms with Crippen LogP contribution in [-0.2, 0) is 9.59 Å². The standard InChI is InChI=1S/C22H20N2O5S/c1-28-16-11-12-17(18(13-16)29-2)23-20(25)14-24-21(26)19(30-22(24)27)10-6-9-15-7-4-3-5-8-15/h3-13H,14H2,1-2H3,(H,23,25). The first-order chi connectivity index (χ1) is 14.5. The maximum Gasteiger partial charge on any atom is 0.294 e. The van der Waals surface area contributed by atoms with E-state index in [2.05, 4.69) is 5.32 Å². The topological polar surface area (TPSA) is 84.9 Å². The third-order valence-corrected chi connectivity index (χ3v) is 5.12. The highest BCUT2D eigenvalue weighted by atomic mass is 32.2. The van der Waals surface area contributed by atoms with Gasteiger partial charge in [-0.25, -0.2) is 0 Å². The Morgan fingerprint density at radius 1 is 1.10 bits per heavy atom. The molecule has 30 heavy (non-hydrogen) atoms. The lowest BCUT2D eigenvalue weighted by Gasteiger charge is -2.14. The van der Waals surface area contributed by atoms with E-state index in [0.717, 1.165) is 22.2 Å². The van der Waals surface area contributed by atoms with E-state index < -0.39 is 17.1 Å². The number of amides is 3. The van der Waals surface area contributed by atoms with Crippen molar-refractivity contribution in [2.45, 2.75) is 0 Å². The Balaban J connectivity index is 1.64. The largest absolute Gasteiger partial charge is 0.497 e. The SMILES string of the molecule is COc1ccc(NC(=O)CN2C(=O)SC(=CC=Cc3ccccc3)C2=O)c(OC)c1. The van der Waals surface area contributed by atoms with Gasteiger partial charge in [-0.05, 0) is 35.5 Å². The molecule has 1 heterocycles. The van der Waals surface area contributed by atoms with E-state index in [1.54, 1.807) is 30.4 Å². The van der Waals surface area contributed by atoms with Crippen LogP contribution in [0, 0.1) is 0 Å². The zero-order valence-corrected chi connectivity index (χ0v) is 17.3. The van der Waals surface area contributed by atoms with Crippen LogP contribution in [0.4, 0.5) is 10.5 Å². The smallest absolute Gasteiger partial charge is 0.294 e. The number of hydrogen-bond donors (Lipinski definition) is 1. The number of imide groups is 1. The summed E-state index contributed by atoms with van der Waals surface area (Å²) in [5.74, 6) is -0.0336. The molecule has 1 fully saturated rings. The lowest BCUT2D eigenvalue weighted by molar-refractivity contribution is -0.127. The number of methoxy groups -OCH3 is 2. The summed E-state index contributed by atoms with van der Waals surface area (Å²) in [6, 6.07) is 14.5. The van der Waals surface area contributed by atoms with Crippen LogP contribution < -0.4 is 14.8 Å². The Morgan fingerprint density at radius 3 is 2.57 bits per heavy atom. The molecule has 2 aromatic carbocycles. The van der Waals surface area contributed by atoms with Gasteiger partial charge in [-0.1, -0.05) is 42.5 Å². The summed E-state index contributed by atoms with van der Waals surface area (Å²) in [5, 5.41) is 2.16. The van der Waals surface area contributed by atoms with Gasteiger partial charge >= 0.3 is 0 Å². The van der Waals surface area contributed by atoms with E-state index in [0.29, 0.717) is 17.2 Å². The minimum atomic E-state index is -0.512. The van der Waals surface area contributed by atoms with E-state index in [1.165, 1.54) is 14.2 Å². The van der Waals surface area contributed by atoms with Gasteiger partial charge in [-0.3, -0.25) is 19.3 Å². The molecule has 0 aliphatic carbocycles. The average molecular weight is 424 g/mol. The van der Waals surface area contributed by atoms with Crippen molar-refractivity contribution in [2.75, 3.05) is 26.1 Å². The van der Waals surface area contributed by atoms with Crippen LogP contribution in [0.3, 0.4) is 0 Å². The third-order valence-electron chi connectivity index (χ3n) is 4.19. The highest BCUT2D eigenvalue weighted by Crippen LogP contribution is 2.31. The van der Waals surface area contributed by atoms with Gasteiger partial charge in [0.2, 0.25) is 5.91 Å². The summed E-state index contributed by atoms with van der Waals surface area (Å²) >= 11 is 0.804. The molecule has 0 saturated carbocycles. The molecule has 154 valence electrons. The third kappa shape index (κ3) is 5.09. The number of nitrogens with one attached hydrogen (secondary N) is 1. The lowest BCUT2D eigenvalue weighted by Crippen LogP contribution is -2.36. The minimum absolute atomic E-state index is 0.266. The molecule has 2 aromatic rings. The number of nitrogens with zero attached hydrogens (tertiary/aromatic N) is 1. The van der Waals surface area contributed by atoms with E-state index in [1.807, 2.05) is 36.4 Å². The molecule has 1 aliphatic rings. The maximum atomic E-state index is 12.5. The minimum Gasteiger partial charge on any atom is -0.497 e. The Hall–Kier alpha value is -3.52. The zero-order chi connectivity index (χ0) is 21.5. The van der Waals surface area contributed by atoms with Crippen molar-refractivity contribution in [1.29, 1.82) is 0 Å². The van der Waals surface area contributed by atoms with Crippen molar-refractivity contribution < 1.29 is 23.9 Å². The number of carbonyl (C=O) groups excluding carboxylic acids is 3. The second kappa shape index (κ2) is 9.80. The van der Waals surface area contributed by atoms with Crippen LogP contribution in [0.15, 0.2) is 65.6 Å². The second-order valence-corrected chi connectivity index (χ2v) is 7.17. The molecule has 0 spiro atoms. The molecule has 0 unspecified atom stereocenters. The van der Waals surface area contributed by atoms with Crippen molar-refractivity contribution >= 4 is 40.6 Å². The summed E-state index contributed by atoms with van der Waals surface area (Å²) in [6.45, 7) is -0.389. The van der Waals surface area contributed by atoms with Gasteiger partial charge < -0.3 is 14.8 Å². The van der Waals surface area contributed by atoms with E-state index >= 15 is 0 Å². The molecular formula is C22H20N2O5S. The Labute approximate surface area is 178 Å². The van der Waals surface area contributed by atoms with Crippen LogP contribution in [0.25, 0.3) is 6.08 Å². The first-order valence-corrected chi connectivity index (χ1v) is 9.82. The fourth-order valence-corrected chi connectivity index (χ4v) is 3.49. The number of benzene rings is 2. The summed E-state index contributed by atoms with van der Waals surface area (Å²) in [5.41, 5.74) is 1.39. The van der Waals surface area contributed by atoms with Crippen LogP contribution >= 0.6 is 11.8 Å². The number of allylic oxidation sites excluding steroid dienone is 2. The van der Waals surface area contributed by atoms with E-state index in [9.17, 15) is 14.4 Å². The van der Waals surface area contributed by atoms with Crippen molar-refractivity contribution in [3.63, 3.8) is 0 Å². The lowest BCUT2D eigenvalue weighted by atomic mass is 10.2. The van der Waals surface area contributed by atoms with E-state index in [4.69, 9.17) is 9.47 Å². The Kier molecular flexibility index (Phi) is 6.92. The number of rotatable bonds is 7. The molecule has 8 heteroatoms. The number of carbonyl (C=O) groups is 3. The molecule has 1 aliphatic heterocycles. The molecule has 0 radical (unpaired) electrons. The van der Waals surface area contributed by atoms with Crippen LogP contribution in [0.2, 0.25) is 0 Å². The quantitative estimate of drug-likeness (QED) is 0.678. The highest BCUT2D eigenvalue weighted by molar-refractivity contribution is 8.18. The molecular weight excluding hydrogens is 404 g/mol. The summed E-state index contributed by atoms with van der Waals surface area (Å²) in [6.07, 6.45) is 5.10. The molecule has 0 atom stereocenters. The van der Waals surface area contributed by atoms with Gasteiger partial charge in [0.15, 0.2) is 0 Å². The van der Waals surface area contributed by atoms with Crippen molar-refractivity contribution in [1.82, 2.24) is 4.90 Å². The Morgan fingerprint density at radius 2 is 1.87 bits per heavy atom. The van der Waals surface area contributed by atoms with Crippen LogP contribution in [0.1, 0.15) is 5.56 Å². The molecule has 1 N–H and O–H groups in total. The predicted molar refractivity (Wildman–Crippen MR) is 116 cm³/mol. The van der Waals surface area contributed by atoms with Gasteiger partial charge in [0.25, 0.3) is 11.1 Å². The van der Waals surface area contributed by atoms with Crippen LogP contribution in [-0.4, -0.2) is 42.7 Å². The second-order valence-electron chi connectivity index (χ2n) is 6.17. The molecule has 1 saturated heterocycles. The monoisotopic (exact) mass is 424 g/mol. The summed E-state index contributed by atoms with van der Waals surface area (Å²) in [7, 11) is 2.99. The molecule has 7 nitrogen and oxygen atoms in total. The first kappa shape index (κ1) is 21.2. The summed E-state index contributed by atoms with van der Waals surface area (Å²) in [4.78, 5) is 38.3. The number of ether oxygens (including phenoxy) is 2. The number of hydrogen-bond acceptors (Lipinski definition) is 6. The molecule has 3 amide bonds. The fourth-order valence-electron chi connectivity index (χ4n) is 2.70. The van der Waals surface area contributed by atoms with Gasteiger partial charge in [0, 0.05) is 6.07 Å². The zero-order valence-electron chi connectivity index (χ0n) is 16.5. The summed E-state index contributed by atoms with van der Waals surface area (Å²) < 4.78 is 10.4. The van der Waals surface area contributed by atoms with Gasteiger partial charge in [-0.15, -0.1) is 0 Å². The normalized spacial score (nSPS) is 15.1. The van der Waals surface area contributed by atoms with E-state index in [-0.39, 0.29) is 11.4 Å². The van der Waals surface area contributed by atoms with Gasteiger partial charge in [0.1, 0.15) is 18.0 Å². The number of thioether (sulfide) groups is 1. The molecule has 0 bridgehead atoms. The highest BCUT2D eigenvalue weighted by Gasteiger charge is 2.36. The fraction of sp³-hybridized carbons (Fsp3) is 0.136. The van der Waals surface area contributed by atoms with Gasteiger partial charge in [0.05, 0.1) is 24.8 Å². The average Bonchev–Trinajstić information content (AvgIpc) is 3.02. The Bertz CT molecular complexity index is 1020. The van der Waals surface area contributed by atoms with Gasteiger partial charge in [-0.2, -0.15) is 0 Å². The predicted octanol–water partition coefficient (Wildman–Crippen LogP) is 3.94.